The molecular formula is C40H28N4. The quantitative estimate of drug-likeness (QED) is 0.227. The molecule has 208 valence electrons. The number of aromatic nitrogens is 1. The van der Waals surface area contributed by atoms with Gasteiger partial charge in [-0.2, -0.15) is 0 Å². The van der Waals surface area contributed by atoms with Crippen LogP contribution in [0.25, 0.3) is 43.9 Å². The molecule has 0 saturated carbocycles. The van der Waals surface area contributed by atoms with E-state index in [4.69, 9.17) is 9.98 Å². The Bertz CT molecular complexity index is 2120. The highest BCUT2D eigenvalue weighted by Crippen LogP contribution is 2.38. The first kappa shape index (κ1) is 25.8. The fourth-order valence-corrected chi connectivity index (χ4v) is 6.08. The Kier molecular flexibility index (Phi) is 6.50. The van der Waals surface area contributed by atoms with E-state index in [9.17, 15) is 0 Å². The van der Waals surface area contributed by atoms with Gasteiger partial charge >= 0.3 is 0 Å². The van der Waals surface area contributed by atoms with Crippen LogP contribution >= 0.6 is 0 Å². The van der Waals surface area contributed by atoms with E-state index < -0.39 is 6.17 Å². The molecule has 8 rings (SSSR count). The van der Waals surface area contributed by atoms with Gasteiger partial charge in [-0.15, -0.1) is 0 Å². The highest BCUT2D eigenvalue weighted by molar-refractivity contribution is 6.16. The van der Waals surface area contributed by atoms with E-state index in [1.54, 1.807) is 0 Å². The normalized spacial score (nSPS) is 13.4. The summed E-state index contributed by atoms with van der Waals surface area (Å²) in [6.45, 7) is 0. The minimum Gasteiger partial charge on any atom is -0.324 e. The Morgan fingerprint density at radius 1 is 0.455 bits per heavy atom. The molecule has 1 N–H and O–H groups in total. The molecule has 1 aromatic heterocycles. The van der Waals surface area contributed by atoms with E-state index in [0.29, 0.717) is 0 Å². The number of rotatable bonds is 5. The van der Waals surface area contributed by atoms with Gasteiger partial charge in [0.15, 0.2) is 6.17 Å². The second-order valence-electron chi connectivity index (χ2n) is 10.9. The van der Waals surface area contributed by atoms with Gasteiger partial charge in [0.25, 0.3) is 0 Å². The number of amidine groups is 2. The Morgan fingerprint density at radius 2 is 1.05 bits per heavy atom. The molecule has 0 bridgehead atoms. The maximum Gasteiger partial charge on any atom is 0.170 e. The molecule has 4 heteroatoms. The summed E-state index contributed by atoms with van der Waals surface area (Å²) in [6, 6.07) is 52.8. The number of nitrogens with one attached hydrogen (secondary N) is 1. The van der Waals surface area contributed by atoms with E-state index >= 15 is 0 Å². The van der Waals surface area contributed by atoms with Crippen molar-refractivity contribution in [3.05, 3.63) is 175 Å². The van der Waals surface area contributed by atoms with Crippen LogP contribution in [0.5, 0.6) is 0 Å². The summed E-state index contributed by atoms with van der Waals surface area (Å²) in [5.74, 6) is 1.63. The predicted molar refractivity (Wildman–Crippen MR) is 182 cm³/mol. The van der Waals surface area contributed by atoms with Gasteiger partial charge in [-0.3, -0.25) is 4.98 Å². The van der Waals surface area contributed by atoms with Crippen molar-refractivity contribution in [1.82, 2.24) is 10.3 Å². The van der Waals surface area contributed by atoms with Gasteiger partial charge in [-0.05, 0) is 45.2 Å². The van der Waals surface area contributed by atoms with Crippen LogP contribution in [0.4, 0.5) is 0 Å². The Balaban J connectivity index is 1.26. The van der Waals surface area contributed by atoms with Gasteiger partial charge in [0.1, 0.15) is 11.7 Å². The highest BCUT2D eigenvalue weighted by Gasteiger charge is 2.23. The van der Waals surface area contributed by atoms with Gasteiger partial charge in [-0.25, -0.2) is 9.98 Å². The van der Waals surface area contributed by atoms with Crippen molar-refractivity contribution in [3.63, 3.8) is 0 Å². The molecule has 2 heterocycles. The second-order valence-corrected chi connectivity index (χ2v) is 10.9. The molecule has 4 nitrogen and oxygen atoms in total. The number of nitrogens with zero attached hydrogens (tertiary/aromatic N) is 3. The molecule has 0 aliphatic carbocycles. The number of pyridine rings is 1. The molecule has 0 radical (unpaired) electrons. The summed E-state index contributed by atoms with van der Waals surface area (Å²) < 4.78 is 0. The molecule has 6 aromatic carbocycles. The summed E-state index contributed by atoms with van der Waals surface area (Å²) in [5.41, 5.74) is 8.79. The number of fused-ring (bicyclic) bond motifs is 2. The van der Waals surface area contributed by atoms with Crippen molar-refractivity contribution in [2.75, 3.05) is 0 Å². The molecular weight excluding hydrogens is 536 g/mol. The summed E-state index contributed by atoms with van der Waals surface area (Å²) in [7, 11) is 0. The average molecular weight is 565 g/mol. The topological polar surface area (TPSA) is 49.6 Å². The maximum atomic E-state index is 5.18. The zero-order valence-electron chi connectivity index (χ0n) is 23.9. The molecule has 1 aliphatic heterocycles. The van der Waals surface area contributed by atoms with Crippen molar-refractivity contribution < 1.29 is 0 Å². The van der Waals surface area contributed by atoms with Crippen molar-refractivity contribution in [2.45, 2.75) is 6.17 Å². The minimum absolute atomic E-state index is 0.408. The van der Waals surface area contributed by atoms with Crippen LogP contribution in [0.15, 0.2) is 168 Å². The predicted octanol–water partition coefficient (Wildman–Crippen LogP) is 9.22. The molecule has 0 spiro atoms. The Hall–Kier alpha value is -5.87. The monoisotopic (exact) mass is 564 g/mol. The SMILES string of the molecule is c1ccc(C2=NC(c3cccc4cccc(-c5ccc(-c6cccc7ncccc67)cc5)c34)N=C(c3ccccc3)N2)cc1. The van der Waals surface area contributed by atoms with Crippen molar-refractivity contribution in [3.8, 4) is 22.3 Å². The second kappa shape index (κ2) is 11.1. The fraction of sp³-hybridized carbons (Fsp3) is 0.0250. The largest absolute Gasteiger partial charge is 0.324 e. The van der Waals surface area contributed by atoms with Gasteiger partial charge in [0.2, 0.25) is 0 Å². The lowest BCUT2D eigenvalue weighted by molar-refractivity contribution is 0.762. The summed E-state index contributed by atoms with van der Waals surface area (Å²) in [5, 5.41) is 6.99. The third-order valence-corrected chi connectivity index (χ3v) is 8.20. The number of benzene rings is 6. The maximum absolute atomic E-state index is 5.18. The fourth-order valence-electron chi connectivity index (χ4n) is 6.08. The van der Waals surface area contributed by atoms with Gasteiger partial charge < -0.3 is 5.32 Å². The first-order valence-electron chi connectivity index (χ1n) is 14.8. The molecule has 0 fully saturated rings. The number of aliphatic imine (C=N–C) groups is 2. The Labute approximate surface area is 256 Å². The van der Waals surface area contributed by atoms with Gasteiger partial charge in [0, 0.05) is 28.3 Å². The van der Waals surface area contributed by atoms with Crippen LogP contribution < -0.4 is 5.32 Å². The minimum atomic E-state index is -0.408. The van der Waals surface area contributed by atoms with Crippen LogP contribution in [-0.2, 0) is 0 Å². The van der Waals surface area contributed by atoms with Crippen LogP contribution in [0.3, 0.4) is 0 Å². The Morgan fingerprint density at radius 3 is 1.73 bits per heavy atom. The lowest BCUT2D eigenvalue weighted by Gasteiger charge is -2.24. The zero-order valence-corrected chi connectivity index (χ0v) is 23.9. The summed E-state index contributed by atoms with van der Waals surface area (Å²) in [6.07, 6.45) is 1.43. The van der Waals surface area contributed by atoms with Gasteiger partial charge in [-0.1, -0.05) is 140 Å². The number of hydrogen-bond acceptors (Lipinski definition) is 4. The average Bonchev–Trinajstić information content (AvgIpc) is 3.11. The third kappa shape index (κ3) is 4.73. The summed E-state index contributed by atoms with van der Waals surface area (Å²) in [4.78, 5) is 14.9. The van der Waals surface area contributed by atoms with E-state index in [-0.39, 0.29) is 0 Å². The van der Waals surface area contributed by atoms with Crippen molar-refractivity contribution in [2.24, 2.45) is 9.98 Å². The molecule has 0 saturated heterocycles. The first-order valence-corrected chi connectivity index (χ1v) is 14.8. The van der Waals surface area contributed by atoms with E-state index in [1.807, 2.05) is 48.7 Å². The highest BCUT2D eigenvalue weighted by atomic mass is 15.2. The van der Waals surface area contributed by atoms with Crippen LogP contribution in [0.2, 0.25) is 0 Å². The van der Waals surface area contributed by atoms with E-state index in [0.717, 1.165) is 61.2 Å². The van der Waals surface area contributed by atoms with Gasteiger partial charge in [0.05, 0.1) is 5.52 Å². The molecule has 1 aliphatic rings. The molecule has 0 atom stereocenters. The van der Waals surface area contributed by atoms with Crippen molar-refractivity contribution >= 4 is 33.3 Å². The number of hydrogen-bond donors (Lipinski definition) is 1. The molecule has 44 heavy (non-hydrogen) atoms. The molecule has 0 amide bonds. The standard InChI is InChI=1S/C40H28N4/c1-3-11-30(12-4-1)38-42-39(31-13-5-2-6-14-31)44-40(43-38)35-19-8-16-29-15-7-18-33(37(29)35)28-24-22-27(23-25-28)32-17-9-21-36-34(32)20-10-26-41-36/h1-26,40H,(H,42,43,44). The molecule has 0 unspecified atom stereocenters. The van der Waals surface area contributed by atoms with E-state index in [2.05, 4.69) is 119 Å². The van der Waals surface area contributed by atoms with Crippen LogP contribution in [0, 0.1) is 0 Å². The third-order valence-electron chi connectivity index (χ3n) is 8.20. The summed E-state index contributed by atoms with van der Waals surface area (Å²) >= 11 is 0. The first-order chi connectivity index (χ1) is 21.8. The van der Waals surface area contributed by atoms with Crippen molar-refractivity contribution in [1.29, 1.82) is 0 Å². The zero-order chi connectivity index (χ0) is 29.3. The van der Waals surface area contributed by atoms with E-state index in [1.165, 1.54) is 11.1 Å². The lowest BCUT2D eigenvalue weighted by Crippen LogP contribution is -2.36. The molecule has 7 aromatic rings. The smallest absolute Gasteiger partial charge is 0.170 e. The van der Waals surface area contributed by atoms with Crippen LogP contribution in [-0.4, -0.2) is 16.7 Å². The lowest BCUT2D eigenvalue weighted by atomic mass is 9.92. The van der Waals surface area contributed by atoms with Crippen LogP contribution in [0.1, 0.15) is 22.9 Å².